The number of hydrogen-bond donors (Lipinski definition) is 0. The van der Waals surface area contributed by atoms with E-state index in [2.05, 4.69) is 65.8 Å². The van der Waals surface area contributed by atoms with Gasteiger partial charge in [0.1, 0.15) is 5.75 Å². The van der Waals surface area contributed by atoms with E-state index in [4.69, 9.17) is 4.43 Å². The number of aryl methyl sites for hydroxylation is 1. The topological polar surface area (TPSA) is 52.4 Å². The van der Waals surface area contributed by atoms with Crippen molar-refractivity contribution in [3.63, 3.8) is 0 Å². The Balaban J connectivity index is 1.94. The van der Waals surface area contributed by atoms with E-state index in [9.17, 15) is 10.1 Å². The van der Waals surface area contributed by atoms with E-state index in [-0.39, 0.29) is 10.6 Å². The summed E-state index contributed by atoms with van der Waals surface area (Å²) in [5, 5.41) is 11.0. The largest absolute Gasteiger partial charge is 0.543 e. The molecule has 0 bridgehead atoms. The summed E-state index contributed by atoms with van der Waals surface area (Å²) in [6, 6.07) is 13.3. The van der Waals surface area contributed by atoms with Gasteiger partial charge in [-0.3, -0.25) is 10.1 Å². The smallest absolute Gasteiger partial charge is 0.269 e. The summed E-state index contributed by atoms with van der Waals surface area (Å²) in [5.74, 6) is 0.987. The highest BCUT2D eigenvalue weighted by Crippen LogP contribution is 2.43. The van der Waals surface area contributed by atoms with Gasteiger partial charge < -0.3 is 4.43 Å². The minimum absolute atomic E-state index is 0.122. The van der Waals surface area contributed by atoms with E-state index in [1.54, 1.807) is 12.1 Å². The van der Waals surface area contributed by atoms with E-state index >= 15 is 0 Å². The molecule has 1 aliphatic carbocycles. The van der Waals surface area contributed by atoms with Crippen molar-refractivity contribution in [2.75, 3.05) is 0 Å². The molecular formula is C25H33NO3Si. The second kappa shape index (κ2) is 8.76. The van der Waals surface area contributed by atoms with Gasteiger partial charge in [-0.2, -0.15) is 0 Å². The molecule has 0 aromatic heterocycles. The summed E-state index contributed by atoms with van der Waals surface area (Å²) < 4.78 is 6.88. The zero-order valence-electron chi connectivity index (χ0n) is 18.9. The zero-order chi connectivity index (χ0) is 22.1. The number of nitro groups is 1. The van der Waals surface area contributed by atoms with Gasteiger partial charge in [-0.15, -0.1) is 0 Å². The molecule has 0 saturated heterocycles. The van der Waals surface area contributed by atoms with Crippen molar-refractivity contribution in [2.24, 2.45) is 0 Å². The van der Waals surface area contributed by atoms with E-state index in [1.807, 2.05) is 12.1 Å². The van der Waals surface area contributed by atoms with Gasteiger partial charge >= 0.3 is 0 Å². The molecule has 30 heavy (non-hydrogen) atoms. The SMILES string of the molecule is CC(C)[Si](Oc1ccc2c(c1)CCC=C2c1ccc([N+](=O)[O-])cc1)(C(C)C)C(C)C. The Kier molecular flexibility index (Phi) is 6.51. The maximum Gasteiger partial charge on any atom is 0.269 e. The predicted octanol–water partition coefficient (Wildman–Crippen LogP) is 7.53. The highest BCUT2D eigenvalue weighted by atomic mass is 28.4. The number of rotatable bonds is 7. The molecule has 0 saturated carbocycles. The molecule has 1 aliphatic rings. The second-order valence-electron chi connectivity index (χ2n) is 9.20. The monoisotopic (exact) mass is 423 g/mol. The second-order valence-corrected chi connectivity index (χ2v) is 14.6. The molecule has 0 aliphatic heterocycles. The fourth-order valence-electron chi connectivity index (χ4n) is 5.18. The Bertz CT molecular complexity index is 924. The van der Waals surface area contributed by atoms with Gasteiger partial charge in [0, 0.05) is 12.1 Å². The van der Waals surface area contributed by atoms with Crippen LogP contribution in [0.4, 0.5) is 5.69 Å². The van der Waals surface area contributed by atoms with Crippen LogP contribution in [0.15, 0.2) is 48.5 Å². The molecule has 2 aromatic carbocycles. The summed E-state index contributed by atoms with van der Waals surface area (Å²) in [6.07, 6.45) is 4.19. The first kappa shape index (κ1) is 22.3. The van der Waals surface area contributed by atoms with Crippen molar-refractivity contribution in [3.05, 3.63) is 75.3 Å². The van der Waals surface area contributed by atoms with Crippen LogP contribution >= 0.6 is 0 Å². The Hall–Kier alpha value is -2.40. The lowest BCUT2D eigenvalue weighted by Gasteiger charge is -2.42. The minimum atomic E-state index is -1.99. The molecule has 3 rings (SSSR count). The lowest BCUT2D eigenvalue weighted by molar-refractivity contribution is -0.384. The Morgan fingerprint density at radius 3 is 2.07 bits per heavy atom. The maximum absolute atomic E-state index is 11.0. The Morgan fingerprint density at radius 2 is 1.53 bits per heavy atom. The fourth-order valence-corrected chi connectivity index (χ4v) is 10.4. The molecule has 5 heteroatoms. The normalized spacial score (nSPS) is 14.1. The number of nitro benzene ring substituents is 1. The summed E-state index contributed by atoms with van der Waals surface area (Å²) >= 11 is 0. The van der Waals surface area contributed by atoms with Crippen molar-refractivity contribution in [1.29, 1.82) is 0 Å². The molecule has 0 spiro atoms. The molecule has 0 atom stereocenters. The molecule has 0 radical (unpaired) electrons. The number of hydrogen-bond acceptors (Lipinski definition) is 3. The number of benzene rings is 2. The van der Waals surface area contributed by atoms with Gasteiger partial charge in [0.2, 0.25) is 0 Å². The van der Waals surface area contributed by atoms with Crippen molar-refractivity contribution in [2.45, 2.75) is 71.0 Å². The molecule has 0 unspecified atom stereocenters. The van der Waals surface area contributed by atoms with Crippen LogP contribution in [-0.4, -0.2) is 13.2 Å². The number of allylic oxidation sites excluding steroid dienone is 1. The molecule has 2 aromatic rings. The van der Waals surface area contributed by atoms with Gasteiger partial charge in [0.05, 0.1) is 4.92 Å². The zero-order valence-corrected chi connectivity index (χ0v) is 19.9. The third-order valence-corrected chi connectivity index (χ3v) is 12.5. The Morgan fingerprint density at radius 1 is 0.933 bits per heavy atom. The quantitative estimate of drug-likeness (QED) is 0.263. The van der Waals surface area contributed by atoms with Crippen LogP contribution in [0.25, 0.3) is 5.57 Å². The number of non-ortho nitro benzene ring substituents is 1. The highest BCUT2D eigenvalue weighted by molar-refractivity contribution is 6.78. The highest BCUT2D eigenvalue weighted by Gasteiger charge is 2.47. The van der Waals surface area contributed by atoms with Crippen LogP contribution in [0, 0.1) is 10.1 Å². The van der Waals surface area contributed by atoms with E-state index < -0.39 is 8.32 Å². The maximum atomic E-state index is 11.0. The third-order valence-electron chi connectivity index (χ3n) is 6.52. The fraction of sp³-hybridized carbons (Fsp3) is 0.440. The predicted molar refractivity (Wildman–Crippen MR) is 127 cm³/mol. The summed E-state index contributed by atoms with van der Waals surface area (Å²) in [5.41, 5.74) is 6.38. The van der Waals surface area contributed by atoms with Crippen molar-refractivity contribution < 1.29 is 9.35 Å². The molecule has 0 fully saturated rings. The third kappa shape index (κ3) is 4.08. The average molecular weight is 424 g/mol. The van der Waals surface area contributed by atoms with Crippen LogP contribution in [0.5, 0.6) is 5.75 Å². The van der Waals surface area contributed by atoms with Crippen LogP contribution < -0.4 is 4.43 Å². The van der Waals surface area contributed by atoms with E-state index in [0.717, 1.165) is 29.7 Å². The van der Waals surface area contributed by atoms with Crippen molar-refractivity contribution >= 4 is 19.6 Å². The minimum Gasteiger partial charge on any atom is -0.543 e. The first-order valence-electron chi connectivity index (χ1n) is 10.9. The lowest BCUT2D eigenvalue weighted by atomic mass is 9.87. The van der Waals surface area contributed by atoms with Crippen LogP contribution in [0.2, 0.25) is 16.6 Å². The van der Waals surface area contributed by atoms with Crippen molar-refractivity contribution in [3.8, 4) is 5.75 Å². The van der Waals surface area contributed by atoms with Gasteiger partial charge in [-0.25, -0.2) is 0 Å². The van der Waals surface area contributed by atoms with Crippen LogP contribution in [0.1, 0.15) is 64.7 Å². The number of fused-ring (bicyclic) bond motifs is 1. The molecule has 0 heterocycles. The van der Waals surface area contributed by atoms with Crippen LogP contribution in [-0.2, 0) is 6.42 Å². The van der Waals surface area contributed by atoms with Gasteiger partial charge in [-0.05, 0) is 76.0 Å². The first-order chi connectivity index (χ1) is 14.2. The van der Waals surface area contributed by atoms with E-state index in [0.29, 0.717) is 16.6 Å². The van der Waals surface area contributed by atoms with Gasteiger partial charge in [-0.1, -0.05) is 53.7 Å². The Labute approximate surface area is 181 Å². The van der Waals surface area contributed by atoms with Crippen molar-refractivity contribution in [1.82, 2.24) is 0 Å². The number of nitrogens with zero attached hydrogens (tertiary/aromatic N) is 1. The van der Waals surface area contributed by atoms with Gasteiger partial charge in [0.25, 0.3) is 14.0 Å². The molecular weight excluding hydrogens is 390 g/mol. The molecule has 0 amide bonds. The first-order valence-corrected chi connectivity index (χ1v) is 13.1. The summed E-state index contributed by atoms with van der Waals surface area (Å²) in [4.78, 5) is 10.6. The molecule has 4 nitrogen and oxygen atoms in total. The average Bonchev–Trinajstić information content (AvgIpc) is 2.70. The molecule has 160 valence electrons. The summed E-state index contributed by atoms with van der Waals surface area (Å²) in [7, 11) is -1.99. The lowest BCUT2D eigenvalue weighted by Crippen LogP contribution is -2.50. The standard InChI is InChI=1S/C25H33NO3Si/c1-17(2)30(18(3)4,19(5)6)29-23-14-15-25-21(16-23)8-7-9-24(25)20-10-12-22(13-11-20)26(27)28/h9-19H,7-8H2,1-6H3. The summed E-state index contributed by atoms with van der Waals surface area (Å²) in [6.45, 7) is 13.8. The molecule has 0 N–H and O–H groups in total. The van der Waals surface area contributed by atoms with E-state index in [1.165, 1.54) is 11.1 Å². The van der Waals surface area contributed by atoms with Gasteiger partial charge in [0.15, 0.2) is 0 Å². The van der Waals surface area contributed by atoms with Crippen LogP contribution in [0.3, 0.4) is 0 Å².